The molecule has 3 rings (SSSR count). The second-order valence-corrected chi connectivity index (χ2v) is 11.0. The highest BCUT2D eigenvalue weighted by Crippen LogP contribution is 2.31. The van der Waals surface area contributed by atoms with Gasteiger partial charge in [0.05, 0.1) is 25.5 Å². The van der Waals surface area contributed by atoms with Gasteiger partial charge in [0, 0.05) is 23.2 Å². The SMILES string of the molecule is CCCCCCCCCC[C@H]1CO[C@H](c2ccc(-c3ccc(OCCCCCCCC)c(F)c3F)nc2)OC1. The molecule has 39 heavy (non-hydrogen) atoms. The van der Waals surface area contributed by atoms with E-state index in [4.69, 9.17) is 14.2 Å². The monoisotopic (exact) mass is 545 g/mol. The fourth-order valence-electron chi connectivity index (χ4n) is 5.08. The molecule has 0 radical (unpaired) electrons. The fraction of sp³-hybridized carbons (Fsp3) is 0.667. The van der Waals surface area contributed by atoms with E-state index in [0.717, 1.165) is 31.2 Å². The van der Waals surface area contributed by atoms with Gasteiger partial charge in [0.2, 0.25) is 5.82 Å². The van der Waals surface area contributed by atoms with Crippen LogP contribution in [0.2, 0.25) is 0 Å². The molecule has 1 aliphatic heterocycles. The summed E-state index contributed by atoms with van der Waals surface area (Å²) < 4.78 is 46.9. The molecule has 0 spiro atoms. The van der Waals surface area contributed by atoms with Crippen molar-refractivity contribution in [2.24, 2.45) is 5.92 Å². The Morgan fingerprint density at radius 2 is 1.36 bits per heavy atom. The molecular formula is C33H49F2NO3. The summed E-state index contributed by atoms with van der Waals surface area (Å²) in [7, 11) is 0. The lowest BCUT2D eigenvalue weighted by Crippen LogP contribution is -2.27. The number of aromatic nitrogens is 1. The summed E-state index contributed by atoms with van der Waals surface area (Å²) in [4.78, 5) is 4.37. The second-order valence-electron chi connectivity index (χ2n) is 11.0. The second kappa shape index (κ2) is 18.3. The maximum atomic E-state index is 14.8. The standard InChI is InChI=1S/C33H49F2NO3/c1-3-5-7-9-11-12-13-15-17-26-24-38-33(39-25-26)27-18-20-29(36-23-27)28-19-21-30(32(35)31(28)34)37-22-16-14-10-8-6-4-2/h18-21,23,26,33H,3-17,22,24-25H2,1-2H3/t26-,33-. The van der Waals surface area contributed by atoms with Gasteiger partial charge >= 0.3 is 0 Å². The summed E-state index contributed by atoms with van der Waals surface area (Å²) in [6.45, 7) is 6.16. The van der Waals surface area contributed by atoms with Gasteiger partial charge in [-0.1, -0.05) is 103 Å². The average Bonchev–Trinajstić information content (AvgIpc) is 2.96. The number of ether oxygens (including phenoxy) is 3. The highest BCUT2D eigenvalue weighted by Gasteiger charge is 2.24. The number of unbranched alkanes of at least 4 members (excludes halogenated alkanes) is 12. The number of hydrogen-bond donors (Lipinski definition) is 0. The molecule has 218 valence electrons. The van der Waals surface area contributed by atoms with Crippen molar-refractivity contribution in [3.8, 4) is 17.0 Å². The summed E-state index contributed by atoms with van der Waals surface area (Å²) >= 11 is 0. The first kappa shape index (κ1) is 31.5. The Morgan fingerprint density at radius 1 is 0.744 bits per heavy atom. The molecule has 0 unspecified atom stereocenters. The highest BCUT2D eigenvalue weighted by atomic mass is 19.2. The van der Waals surface area contributed by atoms with E-state index in [1.807, 2.05) is 6.07 Å². The molecule has 0 bridgehead atoms. The van der Waals surface area contributed by atoms with Gasteiger partial charge in [-0.25, -0.2) is 4.39 Å². The van der Waals surface area contributed by atoms with Crippen LogP contribution in [0.1, 0.15) is 122 Å². The Kier molecular flexibility index (Phi) is 14.8. The zero-order chi connectivity index (χ0) is 27.7. The number of halogens is 2. The van der Waals surface area contributed by atoms with Crippen LogP contribution in [0.4, 0.5) is 8.78 Å². The maximum absolute atomic E-state index is 14.8. The van der Waals surface area contributed by atoms with Crippen molar-refractivity contribution in [3.05, 3.63) is 47.7 Å². The van der Waals surface area contributed by atoms with E-state index in [2.05, 4.69) is 18.8 Å². The van der Waals surface area contributed by atoms with Crippen molar-refractivity contribution >= 4 is 0 Å². The number of hydrogen-bond acceptors (Lipinski definition) is 4. The maximum Gasteiger partial charge on any atom is 0.201 e. The first-order valence-electron chi connectivity index (χ1n) is 15.4. The van der Waals surface area contributed by atoms with Crippen LogP contribution in [0.25, 0.3) is 11.3 Å². The molecule has 2 heterocycles. The third-order valence-corrected chi connectivity index (χ3v) is 7.57. The molecule has 0 atom stereocenters. The molecule has 0 aliphatic carbocycles. The lowest BCUT2D eigenvalue weighted by molar-refractivity contribution is -0.206. The van der Waals surface area contributed by atoms with Gasteiger partial charge in [0.25, 0.3) is 0 Å². The van der Waals surface area contributed by atoms with E-state index in [-0.39, 0.29) is 11.3 Å². The fourth-order valence-corrected chi connectivity index (χ4v) is 5.08. The number of benzene rings is 1. The van der Waals surface area contributed by atoms with Crippen molar-refractivity contribution in [2.45, 2.75) is 116 Å². The van der Waals surface area contributed by atoms with E-state index in [0.29, 0.717) is 31.4 Å². The molecule has 0 saturated carbocycles. The molecule has 6 heteroatoms. The van der Waals surface area contributed by atoms with Crippen molar-refractivity contribution in [1.29, 1.82) is 0 Å². The Balaban J connectivity index is 1.40. The quantitative estimate of drug-likeness (QED) is 0.165. The Hall–Kier alpha value is -2.05. The van der Waals surface area contributed by atoms with E-state index >= 15 is 0 Å². The lowest BCUT2D eigenvalue weighted by atomic mass is 10.0. The Morgan fingerprint density at radius 3 is 1.97 bits per heavy atom. The molecule has 0 amide bonds. The van der Waals surface area contributed by atoms with Crippen LogP contribution in [0.5, 0.6) is 5.75 Å². The molecule has 1 fully saturated rings. The minimum atomic E-state index is -0.967. The van der Waals surface area contributed by atoms with Crippen LogP contribution >= 0.6 is 0 Å². The molecule has 1 saturated heterocycles. The van der Waals surface area contributed by atoms with E-state index in [9.17, 15) is 8.78 Å². The van der Waals surface area contributed by atoms with Crippen molar-refractivity contribution in [2.75, 3.05) is 19.8 Å². The zero-order valence-corrected chi connectivity index (χ0v) is 24.2. The first-order valence-corrected chi connectivity index (χ1v) is 15.4. The van der Waals surface area contributed by atoms with Crippen LogP contribution < -0.4 is 4.74 Å². The topological polar surface area (TPSA) is 40.6 Å². The van der Waals surface area contributed by atoms with Gasteiger partial charge in [-0.15, -0.1) is 0 Å². The van der Waals surface area contributed by atoms with Crippen LogP contribution in [-0.2, 0) is 9.47 Å². The van der Waals surface area contributed by atoms with Gasteiger partial charge in [-0.05, 0) is 31.0 Å². The van der Waals surface area contributed by atoms with Crippen LogP contribution in [0.15, 0.2) is 30.5 Å². The van der Waals surface area contributed by atoms with Gasteiger partial charge in [-0.2, -0.15) is 4.39 Å². The van der Waals surface area contributed by atoms with Crippen molar-refractivity contribution in [3.63, 3.8) is 0 Å². The molecule has 1 aliphatic rings. The average molecular weight is 546 g/mol. The minimum Gasteiger partial charge on any atom is -0.490 e. The first-order chi connectivity index (χ1) is 19.1. The van der Waals surface area contributed by atoms with E-state index in [1.165, 1.54) is 82.8 Å². The van der Waals surface area contributed by atoms with Crippen LogP contribution in [0.3, 0.4) is 0 Å². The molecule has 4 nitrogen and oxygen atoms in total. The summed E-state index contributed by atoms with van der Waals surface area (Å²) in [5.41, 5.74) is 1.26. The van der Waals surface area contributed by atoms with Crippen LogP contribution in [0, 0.1) is 17.6 Å². The number of nitrogens with zero attached hydrogens (tertiary/aromatic N) is 1. The summed E-state index contributed by atoms with van der Waals surface area (Å²) in [6, 6.07) is 6.51. The molecular weight excluding hydrogens is 496 g/mol. The normalized spacial score (nSPS) is 17.4. The number of rotatable bonds is 19. The van der Waals surface area contributed by atoms with Gasteiger partial charge in [0.15, 0.2) is 17.9 Å². The van der Waals surface area contributed by atoms with E-state index < -0.39 is 17.9 Å². The zero-order valence-electron chi connectivity index (χ0n) is 24.2. The molecule has 0 N–H and O–H groups in total. The third kappa shape index (κ3) is 10.8. The predicted molar refractivity (Wildman–Crippen MR) is 154 cm³/mol. The summed E-state index contributed by atoms with van der Waals surface area (Å²) in [6.07, 6.45) is 19.5. The molecule has 2 aromatic rings. The largest absolute Gasteiger partial charge is 0.490 e. The van der Waals surface area contributed by atoms with Gasteiger partial charge < -0.3 is 14.2 Å². The van der Waals surface area contributed by atoms with Crippen molar-refractivity contribution < 1.29 is 23.0 Å². The van der Waals surface area contributed by atoms with Gasteiger partial charge in [0.1, 0.15) is 0 Å². The summed E-state index contributed by atoms with van der Waals surface area (Å²) in [5.74, 6) is -1.53. The van der Waals surface area contributed by atoms with Crippen molar-refractivity contribution in [1.82, 2.24) is 4.98 Å². The smallest absolute Gasteiger partial charge is 0.201 e. The predicted octanol–water partition coefficient (Wildman–Crippen LogP) is 9.96. The Bertz CT molecular complexity index is 929. The Labute approximate surface area is 234 Å². The third-order valence-electron chi connectivity index (χ3n) is 7.57. The molecule has 1 aromatic heterocycles. The van der Waals surface area contributed by atoms with Gasteiger partial charge in [-0.3, -0.25) is 4.98 Å². The highest BCUT2D eigenvalue weighted by molar-refractivity contribution is 5.61. The van der Waals surface area contributed by atoms with E-state index in [1.54, 1.807) is 12.3 Å². The lowest BCUT2D eigenvalue weighted by Gasteiger charge is -2.29. The number of pyridine rings is 1. The van der Waals surface area contributed by atoms with Crippen LogP contribution in [-0.4, -0.2) is 24.8 Å². The minimum absolute atomic E-state index is 0.0491. The molecule has 1 aromatic carbocycles. The summed E-state index contributed by atoms with van der Waals surface area (Å²) in [5, 5.41) is 0.